The number of likely N-dealkylation sites (N-methyl/N-ethyl adjacent to an activating group) is 1. The molecule has 3 amide bonds. The van der Waals surface area contributed by atoms with E-state index in [4.69, 9.17) is 15.5 Å². The van der Waals surface area contributed by atoms with Crippen LogP contribution in [0.2, 0.25) is 0 Å². The average molecular weight is 739 g/mol. The molecule has 0 atom stereocenters. The Morgan fingerprint density at radius 1 is 0.852 bits per heavy atom. The number of benzene rings is 2. The summed E-state index contributed by atoms with van der Waals surface area (Å²) in [6.07, 6.45) is 2.34. The molecular formula is C37H46N12O5. The molecule has 17 heteroatoms. The summed E-state index contributed by atoms with van der Waals surface area (Å²) in [5.74, 6) is 0.398. The molecule has 17 nitrogen and oxygen atoms in total. The molecule has 0 radical (unpaired) electrons. The Labute approximate surface area is 311 Å². The van der Waals surface area contributed by atoms with Gasteiger partial charge in [-0.25, -0.2) is 9.97 Å². The van der Waals surface area contributed by atoms with Gasteiger partial charge in [-0.1, -0.05) is 6.07 Å². The van der Waals surface area contributed by atoms with Crippen LogP contribution in [0.25, 0.3) is 22.1 Å². The molecule has 0 saturated carbocycles. The van der Waals surface area contributed by atoms with Crippen molar-refractivity contribution in [1.29, 1.82) is 0 Å². The number of rotatable bonds is 15. The molecule has 4 heterocycles. The van der Waals surface area contributed by atoms with Crippen molar-refractivity contribution in [2.75, 3.05) is 31.3 Å². The summed E-state index contributed by atoms with van der Waals surface area (Å²) in [5, 5.41) is 17.1. The van der Waals surface area contributed by atoms with Gasteiger partial charge in [0, 0.05) is 45.8 Å². The van der Waals surface area contributed by atoms with Crippen molar-refractivity contribution in [1.82, 2.24) is 44.0 Å². The van der Waals surface area contributed by atoms with Crippen LogP contribution >= 0.6 is 0 Å². The molecule has 0 fully saturated rings. The number of carbonyl (C=O) groups is 4. The molecule has 6 rings (SSSR count). The molecule has 2 aromatic carbocycles. The van der Waals surface area contributed by atoms with Crippen LogP contribution in [0.15, 0.2) is 48.5 Å². The van der Waals surface area contributed by atoms with Gasteiger partial charge in [0.1, 0.15) is 22.7 Å². The number of para-hydroxylation sites is 1. The Bertz CT molecular complexity index is 2300. The standard InChI is InChI=1S/C30H36N10O4.C7H10N2O/c1-5-40-23(15-18(2)37-40)28(43)36-30-35-26-22(9-8-10-24(26)44-17-25(41)32-3)39(30)14-7-6-13-38-21-12-11-19(27(31)42)16-20(21)34-29(38)33-4;1-3-9-7(5-10)4-6(2)8-9/h8-12,15-16H,5-7,13-14,17H2,1-4H3,(H2,31,42)(H,32,41)(H,33,34)(H,35,36,43);4-5H,3H2,1-2H3. The lowest BCUT2D eigenvalue weighted by Gasteiger charge is -2.12. The zero-order valence-electron chi connectivity index (χ0n) is 31.3. The fourth-order valence-corrected chi connectivity index (χ4v) is 6.06. The van der Waals surface area contributed by atoms with E-state index in [2.05, 4.69) is 35.7 Å². The minimum Gasteiger partial charge on any atom is -0.481 e. The van der Waals surface area contributed by atoms with Gasteiger partial charge < -0.3 is 30.2 Å². The van der Waals surface area contributed by atoms with Gasteiger partial charge in [-0.3, -0.25) is 33.9 Å². The molecule has 0 saturated heterocycles. The second kappa shape index (κ2) is 17.3. The summed E-state index contributed by atoms with van der Waals surface area (Å²) in [4.78, 5) is 56.5. The lowest BCUT2D eigenvalue weighted by atomic mass is 10.2. The first-order valence-electron chi connectivity index (χ1n) is 17.7. The fraction of sp³-hybridized carbons (Fsp3) is 0.351. The lowest BCUT2D eigenvalue weighted by molar-refractivity contribution is -0.122. The third-order valence-corrected chi connectivity index (χ3v) is 8.66. The zero-order chi connectivity index (χ0) is 38.9. The number of nitrogens with two attached hydrogens (primary N) is 1. The number of nitrogens with zero attached hydrogens (tertiary/aromatic N) is 8. The topological polar surface area (TPSA) is 211 Å². The maximum atomic E-state index is 13.4. The van der Waals surface area contributed by atoms with Gasteiger partial charge >= 0.3 is 0 Å². The molecule has 4 aromatic heterocycles. The predicted molar refractivity (Wildman–Crippen MR) is 205 cm³/mol. The number of ether oxygens (including phenoxy) is 1. The van der Waals surface area contributed by atoms with Crippen LogP contribution in [-0.4, -0.2) is 83.4 Å². The second-order valence-corrected chi connectivity index (χ2v) is 12.4. The number of carbonyl (C=O) groups excluding carboxylic acids is 4. The number of primary amides is 1. The Morgan fingerprint density at radius 2 is 1.54 bits per heavy atom. The molecule has 0 aliphatic carbocycles. The molecule has 284 valence electrons. The summed E-state index contributed by atoms with van der Waals surface area (Å²) < 4.78 is 13.1. The van der Waals surface area contributed by atoms with E-state index in [1.807, 2.05) is 50.5 Å². The van der Waals surface area contributed by atoms with Crippen LogP contribution in [0.1, 0.15) is 69.4 Å². The van der Waals surface area contributed by atoms with Crippen molar-refractivity contribution in [3.8, 4) is 5.75 Å². The van der Waals surface area contributed by atoms with Gasteiger partial charge in [0.2, 0.25) is 17.8 Å². The largest absolute Gasteiger partial charge is 0.481 e. The average Bonchev–Trinajstić information content (AvgIpc) is 3.94. The number of anilines is 2. The van der Waals surface area contributed by atoms with E-state index in [1.165, 1.54) is 0 Å². The van der Waals surface area contributed by atoms with Crippen molar-refractivity contribution in [3.63, 3.8) is 0 Å². The van der Waals surface area contributed by atoms with Crippen LogP contribution < -0.4 is 26.4 Å². The molecule has 54 heavy (non-hydrogen) atoms. The molecular weight excluding hydrogens is 692 g/mol. The quantitative estimate of drug-likeness (QED) is 0.0881. The SMILES string of the molecule is CCn1nc(C)cc1C(=O)Nc1nc2c(OCC(=O)NC)cccc2n1CCCCn1c(NC)nc2cc(C(N)=O)ccc21.CCn1nc(C)cc1C=O. The van der Waals surface area contributed by atoms with Crippen LogP contribution in [0.5, 0.6) is 5.75 Å². The Balaban J connectivity index is 0.000000486. The number of unbranched alkanes of at least 4 members (excludes halogenated alkanes) is 1. The first-order chi connectivity index (χ1) is 26.0. The van der Waals surface area contributed by atoms with Crippen molar-refractivity contribution in [3.05, 3.63) is 76.9 Å². The molecule has 0 spiro atoms. The van der Waals surface area contributed by atoms with E-state index in [9.17, 15) is 19.2 Å². The van der Waals surface area contributed by atoms with Crippen LogP contribution in [-0.2, 0) is 31.0 Å². The highest BCUT2D eigenvalue weighted by atomic mass is 16.5. The van der Waals surface area contributed by atoms with Crippen LogP contribution in [0.4, 0.5) is 11.9 Å². The van der Waals surface area contributed by atoms with E-state index in [0.29, 0.717) is 65.3 Å². The number of fused-ring (bicyclic) bond motifs is 2. The summed E-state index contributed by atoms with van der Waals surface area (Å²) in [6.45, 7) is 9.94. The zero-order valence-corrected chi connectivity index (χ0v) is 31.3. The highest BCUT2D eigenvalue weighted by Crippen LogP contribution is 2.29. The maximum absolute atomic E-state index is 13.4. The van der Waals surface area contributed by atoms with E-state index < -0.39 is 5.91 Å². The van der Waals surface area contributed by atoms with Gasteiger partial charge in [0.25, 0.3) is 11.8 Å². The number of aryl methyl sites for hydroxylation is 6. The fourth-order valence-electron chi connectivity index (χ4n) is 6.06. The van der Waals surface area contributed by atoms with Crippen molar-refractivity contribution in [2.24, 2.45) is 5.73 Å². The summed E-state index contributed by atoms with van der Waals surface area (Å²) in [6, 6.07) is 14.2. The van der Waals surface area contributed by atoms with E-state index in [1.54, 1.807) is 53.8 Å². The first kappa shape index (κ1) is 38.7. The number of hydrogen-bond donors (Lipinski definition) is 4. The Hall–Kier alpha value is -6.52. The third-order valence-electron chi connectivity index (χ3n) is 8.66. The summed E-state index contributed by atoms with van der Waals surface area (Å²) >= 11 is 0. The number of aldehydes is 1. The smallest absolute Gasteiger partial charge is 0.276 e. The Kier molecular flexibility index (Phi) is 12.4. The molecule has 6 aromatic rings. The van der Waals surface area contributed by atoms with Gasteiger partial charge in [0.15, 0.2) is 12.9 Å². The predicted octanol–water partition coefficient (Wildman–Crippen LogP) is 3.93. The molecule has 0 bridgehead atoms. The van der Waals surface area contributed by atoms with E-state index >= 15 is 0 Å². The maximum Gasteiger partial charge on any atom is 0.276 e. The normalized spacial score (nSPS) is 10.9. The lowest BCUT2D eigenvalue weighted by Crippen LogP contribution is -2.24. The van der Waals surface area contributed by atoms with Gasteiger partial charge in [0.05, 0.1) is 27.9 Å². The van der Waals surface area contributed by atoms with Gasteiger partial charge in [-0.05, 0) is 83.0 Å². The van der Waals surface area contributed by atoms with E-state index in [0.717, 1.165) is 48.1 Å². The number of aromatic nitrogens is 8. The molecule has 0 aliphatic rings. The highest BCUT2D eigenvalue weighted by Gasteiger charge is 2.20. The summed E-state index contributed by atoms with van der Waals surface area (Å²) in [7, 11) is 3.34. The van der Waals surface area contributed by atoms with Gasteiger partial charge in [-0.15, -0.1) is 0 Å². The first-order valence-corrected chi connectivity index (χ1v) is 17.7. The van der Waals surface area contributed by atoms with E-state index in [-0.39, 0.29) is 18.4 Å². The number of hydrogen-bond acceptors (Lipinski definition) is 10. The number of imidazole rings is 2. The van der Waals surface area contributed by atoms with Crippen molar-refractivity contribution < 1.29 is 23.9 Å². The monoisotopic (exact) mass is 738 g/mol. The molecule has 0 aliphatic heterocycles. The third kappa shape index (κ3) is 8.57. The van der Waals surface area contributed by atoms with Crippen LogP contribution in [0.3, 0.4) is 0 Å². The van der Waals surface area contributed by atoms with Gasteiger partial charge in [-0.2, -0.15) is 10.2 Å². The molecule has 5 N–H and O–H groups in total. The van der Waals surface area contributed by atoms with Crippen molar-refractivity contribution >= 4 is 58.0 Å². The van der Waals surface area contributed by atoms with Crippen LogP contribution in [0, 0.1) is 13.8 Å². The highest BCUT2D eigenvalue weighted by molar-refractivity contribution is 6.03. The van der Waals surface area contributed by atoms with Crippen molar-refractivity contribution in [2.45, 2.75) is 66.7 Å². The molecule has 0 unspecified atom stereocenters. The minimum atomic E-state index is -0.501. The number of amides is 3. The second-order valence-electron chi connectivity index (χ2n) is 12.4. The summed E-state index contributed by atoms with van der Waals surface area (Å²) in [5.41, 5.74) is 11.5. The number of nitrogens with one attached hydrogen (secondary N) is 3. The Morgan fingerprint density at radius 3 is 2.17 bits per heavy atom. The minimum absolute atomic E-state index is 0.160.